The monoisotopic (exact) mass is 394 g/mol. The third-order valence-electron chi connectivity index (χ3n) is 4.16. The topological polar surface area (TPSA) is 121 Å². The summed E-state index contributed by atoms with van der Waals surface area (Å²) >= 11 is 1.11. The van der Waals surface area contributed by atoms with Crippen LogP contribution in [0.3, 0.4) is 0 Å². The highest BCUT2D eigenvalue weighted by Gasteiger charge is 2.28. The highest BCUT2D eigenvalue weighted by molar-refractivity contribution is 8.00. The Bertz CT molecular complexity index is 855. The lowest BCUT2D eigenvalue weighted by Crippen LogP contribution is -2.25. The Morgan fingerprint density at radius 3 is 3.07 bits per heavy atom. The third-order valence-corrected chi connectivity index (χ3v) is 5.17. The van der Waals surface area contributed by atoms with Crippen molar-refractivity contribution in [1.82, 2.24) is 15.8 Å². The minimum absolute atomic E-state index is 0.0371. The summed E-state index contributed by atoms with van der Waals surface area (Å²) in [6, 6.07) is 4.21. The molecular weight excluding hydrogens is 375 g/mol. The first-order valence-electron chi connectivity index (χ1n) is 8.39. The summed E-state index contributed by atoms with van der Waals surface area (Å²) in [5.74, 6) is -0.226. The van der Waals surface area contributed by atoms with Crippen molar-refractivity contribution >= 4 is 23.4 Å². The molecule has 1 aromatic carbocycles. The van der Waals surface area contributed by atoms with Gasteiger partial charge in [0.05, 0.1) is 17.9 Å². The maximum atomic E-state index is 13.4. The third kappa shape index (κ3) is 4.71. The van der Waals surface area contributed by atoms with E-state index in [1.54, 1.807) is 13.0 Å². The fourth-order valence-corrected chi connectivity index (χ4v) is 3.47. The predicted octanol–water partition coefficient (Wildman–Crippen LogP) is 2.05. The first kappa shape index (κ1) is 19.5. The maximum absolute atomic E-state index is 13.4. The molecule has 3 N–H and O–H groups in total. The van der Waals surface area contributed by atoms with Gasteiger partial charge in [-0.15, -0.1) is 0 Å². The van der Waals surface area contributed by atoms with E-state index in [1.807, 2.05) is 5.48 Å². The van der Waals surface area contributed by atoms with Crippen LogP contribution >= 0.6 is 11.8 Å². The number of hydrogen-bond donors (Lipinski definition) is 3. The fraction of sp³-hybridized carbons (Fsp3) is 0.412. The van der Waals surface area contributed by atoms with Gasteiger partial charge >= 0.3 is 0 Å². The number of aliphatic hydroxyl groups excluding tert-OH is 1. The molecular formula is C17H19FN4O4S. The quantitative estimate of drug-likeness (QED) is 0.269. The zero-order valence-corrected chi connectivity index (χ0v) is 15.4. The van der Waals surface area contributed by atoms with E-state index in [9.17, 15) is 19.5 Å². The summed E-state index contributed by atoms with van der Waals surface area (Å²) in [7, 11) is 0. The molecule has 2 unspecified atom stereocenters. The van der Waals surface area contributed by atoms with Gasteiger partial charge in [0.15, 0.2) is 16.6 Å². The SMILES string of the molecule is CC(O)CCC(=O)CSc1nonc1C(=NC1Cc2ccc(F)cc21)NO. The average molecular weight is 394 g/mol. The number of benzene rings is 1. The Labute approximate surface area is 158 Å². The number of aliphatic hydroxyl groups is 1. The summed E-state index contributed by atoms with van der Waals surface area (Å²) in [6.45, 7) is 1.63. The van der Waals surface area contributed by atoms with E-state index in [-0.39, 0.29) is 41.3 Å². The van der Waals surface area contributed by atoms with E-state index in [4.69, 9.17) is 4.63 Å². The minimum atomic E-state index is -0.532. The molecule has 0 saturated heterocycles. The number of aliphatic imine (C=N–C) groups is 1. The molecule has 1 aromatic heterocycles. The Morgan fingerprint density at radius 2 is 2.33 bits per heavy atom. The van der Waals surface area contributed by atoms with Crippen LogP contribution in [0, 0.1) is 5.82 Å². The van der Waals surface area contributed by atoms with Crippen molar-refractivity contribution in [2.45, 2.75) is 43.4 Å². The highest BCUT2D eigenvalue weighted by atomic mass is 32.2. The summed E-state index contributed by atoms with van der Waals surface area (Å²) in [6.07, 6.45) is 0.739. The fourth-order valence-electron chi connectivity index (χ4n) is 2.67. The van der Waals surface area contributed by atoms with E-state index in [0.29, 0.717) is 17.9 Å². The van der Waals surface area contributed by atoms with Crippen LogP contribution in [0.15, 0.2) is 32.8 Å². The molecule has 0 aliphatic heterocycles. The number of ketones is 1. The number of nitrogens with zero attached hydrogens (tertiary/aromatic N) is 3. The number of fused-ring (bicyclic) bond motifs is 1. The van der Waals surface area contributed by atoms with Crippen molar-refractivity contribution in [3.63, 3.8) is 0 Å². The van der Waals surface area contributed by atoms with Gasteiger partial charge in [-0.2, -0.15) is 0 Å². The van der Waals surface area contributed by atoms with Gasteiger partial charge in [0.25, 0.3) is 0 Å². The molecule has 2 aromatic rings. The Balaban J connectivity index is 1.69. The smallest absolute Gasteiger partial charge is 0.185 e. The van der Waals surface area contributed by atoms with Crippen LogP contribution < -0.4 is 5.48 Å². The van der Waals surface area contributed by atoms with Gasteiger partial charge in [-0.3, -0.25) is 20.5 Å². The van der Waals surface area contributed by atoms with E-state index in [0.717, 1.165) is 22.9 Å². The number of nitrogens with one attached hydrogen (secondary N) is 1. The van der Waals surface area contributed by atoms with Crippen molar-refractivity contribution in [3.05, 3.63) is 40.8 Å². The number of rotatable bonds is 8. The number of aromatic nitrogens is 2. The van der Waals surface area contributed by atoms with Crippen molar-refractivity contribution in [2.24, 2.45) is 4.99 Å². The predicted molar refractivity (Wildman–Crippen MR) is 95.2 cm³/mol. The molecule has 144 valence electrons. The molecule has 0 spiro atoms. The Morgan fingerprint density at radius 1 is 1.52 bits per heavy atom. The van der Waals surface area contributed by atoms with Gasteiger partial charge in [0, 0.05) is 6.42 Å². The number of hydroxylamine groups is 1. The second kappa shape index (κ2) is 8.59. The molecule has 0 radical (unpaired) electrons. The maximum Gasteiger partial charge on any atom is 0.185 e. The molecule has 8 nitrogen and oxygen atoms in total. The lowest BCUT2D eigenvalue weighted by molar-refractivity contribution is -0.117. The van der Waals surface area contributed by atoms with Crippen molar-refractivity contribution in [3.8, 4) is 0 Å². The van der Waals surface area contributed by atoms with E-state index in [1.165, 1.54) is 12.1 Å². The van der Waals surface area contributed by atoms with Crippen molar-refractivity contribution in [1.29, 1.82) is 0 Å². The molecule has 0 bridgehead atoms. The molecule has 2 atom stereocenters. The molecule has 10 heteroatoms. The second-order valence-electron chi connectivity index (χ2n) is 6.29. The molecule has 1 aliphatic rings. The van der Waals surface area contributed by atoms with Crippen LogP contribution in [0.2, 0.25) is 0 Å². The molecule has 0 fully saturated rings. The number of carbonyl (C=O) groups is 1. The number of thioether (sulfide) groups is 1. The van der Waals surface area contributed by atoms with Gasteiger partial charge in [0.2, 0.25) is 0 Å². The summed E-state index contributed by atoms with van der Waals surface area (Å²) < 4.78 is 18.1. The largest absolute Gasteiger partial charge is 0.393 e. The van der Waals surface area contributed by atoms with Crippen LogP contribution in [0.5, 0.6) is 0 Å². The Hall–Kier alpha value is -2.30. The van der Waals surface area contributed by atoms with Crippen molar-refractivity contribution < 1.29 is 24.1 Å². The molecule has 0 amide bonds. The van der Waals surface area contributed by atoms with Crippen LogP contribution in [0.25, 0.3) is 0 Å². The van der Waals surface area contributed by atoms with Gasteiger partial charge in [0.1, 0.15) is 11.6 Å². The zero-order chi connectivity index (χ0) is 19.4. The first-order chi connectivity index (χ1) is 13.0. The number of amidine groups is 1. The Kier molecular flexibility index (Phi) is 6.19. The number of halogens is 1. The van der Waals surface area contributed by atoms with Crippen LogP contribution in [0.1, 0.15) is 42.6 Å². The number of carbonyl (C=O) groups excluding carboxylic acids is 1. The van der Waals surface area contributed by atoms with Gasteiger partial charge in [-0.25, -0.2) is 9.02 Å². The van der Waals surface area contributed by atoms with Gasteiger partial charge < -0.3 is 5.11 Å². The normalized spacial score (nSPS) is 17.2. The summed E-state index contributed by atoms with van der Waals surface area (Å²) in [5, 5.41) is 26.5. The van der Waals surface area contributed by atoms with Crippen LogP contribution in [-0.4, -0.2) is 44.1 Å². The lowest BCUT2D eigenvalue weighted by atomic mass is 9.83. The number of hydrogen-bond acceptors (Lipinski definition) is 8. The summed E-state index contributed by atoms with van der Waals surface area (Å²) in [5.41, 5.74) is 3.91. The van der Waals surface area contributed by atoms with E-state index in [2.05, 4.69) is 15.3 Å². The van der Waals surface area contributed by atoms with Crippen LogP contribution in [0.4, 0.5) is 4.39 Å². The van der Waals surface area contributed by atoms with E-state index < -0.39 is 6.10 Å². The minimum Gasteiger partial charge on any atom is -0.393 e. The molecule has 1 heterocycles. The second-order valence-corrected chi connectivity index (χ2v) is 7.25. The zero-order valence-electron chi connectivity index (χ0n) is 14.6. The summed E-state index contributed by atoms with van der Waals surface area (Å²) in [4.78, 5) is 16.2. The van der Waals surface area contributed by atoms with Crippen LogP contribution in [-0.2, 0) is 11.2 Å². The molecule has 3 rings (SSSR count). The first-order valence-corrected chi connectivity index (χ1v) is 9.38. The molecule has 1 aliphatic carbocycles. The standard InChI is InChI=1S/C17H19FN4O4S/c1-9(23)2-5-12(24)8-27-17-15(21-26-22-17)16(20-25)19-14-6-10-3-4-11(18)7-13(10)14/h3-4,7,9,14,23,25H,2,5-6,8H2,1H3,(H,19,20). The molecule has 0 saturated carbocycles. The van der Waals surface area contributed by atoms with Gasteiger partial charge in [-0.1, -0.05) is 17.8 Å². The number of Topliss-reactive ketones (excluding diaryl/α,β-unsaturated/α-hetero) is 1. The average Bonchev–Trinajstić information content (AvgIpc) is 3.09. The van der Waals surface area contributed by atoms with Gasteiger partial charge in [-0.05, 0) is 53.3 Å². The van der Waals surface area contributed by atoms with E-state index >= 15 is 0 Å². The molecule has 27 heavy (non-hydrogen) atoms. The highest BCUT2D eigenvalue weighted by Crippen LogP contribution is 2.37. The lowest BCUT2D eigenvalue weighted by Gasteiger charge is -2.27. The van der Waals surface area contributed by atoms with Crippen molar-refractivity contribution in [2.75, 3.05) is 5.75 Å².